The van der Waals surface area contributed by atoms with Crippen molar-refractivity contribution in [2.24, 2.45) is 5.92 Å². The molecule has 6 heteroatoms. The lowest BCUT2D eigenvalue weighted by atomic mass is 10.0. The average molecular weight is 430 g/mol. The molecule has 2 aliphatic carbocycles. The fourth-order valence-corrected chi connectivity index (χ4v) is 3.98. The van der Waals surface area contributed by atoms with Crippen LogP contribution in [0.3, 0.4) is 0 Å². The summed E-state index contributed by atoms with van der Waals surface area (Å²) in [7, 11) is 0. The molecule has 0 radical (unpaired) electrons. The standard InChI is InChI=1S/C26H27N3O3/c1-15-4-5-16(2)22(14-15)29-26(32-17(3)30)23(24(28-29)19-6-7-19)18-10-12-21(13-11-18)27-25(31)20-8-9-20/h4-5,10-14,19-20H,6-9H2,1-3H3,(H,27,31). The van der Waals surface area contributed by atoms with E-state index in [-0.39, 0.29) is 17.8 Å². The van der Waals surface area contributed by atoms with E-state index in [1.54, 1.807) is 4.68 Å². The van der Waals surface area contributed by atoms with Crippen LogP contribution in [0, 0.1) is 19.8 Å². The number of aromatic nitrogens is 2. The van der Waals surface area contributed by atoms with E-state index in [4.69, 9.17) is 9.84 Å². The molecule has 1 N–H and O–H groups in total. The first kappa shape index (κ1) is 20.5. The molecule has 3 aromatic rings. The Kier molecular flexibility index (Phi) is 5.08. The summed E-state index contributed by atoms with van der Waals surface area (Å²) in [6, 6.07) is 13.9. The van der Waals surface area contributed by atoms with Crippen molar-refractivity contribution in [1.29, 1.82) is 0 Å². The Balaban J connectivity index is 1.60. The Bertz CT molecular complexity index is 1200. The highest BCUT2D eigenvalue weighted by molar-refractivity contribution is 5.94. The molecule has 0 saturated heterocycles. The maximum absolute atomic E-state index is 12.1. The van der Waals surface area contributed by atoms with Crippen molar-refractivity contribution in [3.8, 4) is 22.7 Å². The molecule has 32 heavy (non-hydrogen) atoms. The molecule has 5 rings (SSSR count). The molecule has 1 aromatic heterocycles. The molecule has 1 heterocycles. The third kappa shape index (κ3) is 4.05. The molecular weight excluding hydrogens is 402 g/mol. The Morgan fingerprint density at radius 2 is 1.75 bits per heavy atom. The van der Waals surface area contributed by atoms with Gasteiger partial charge in [0.2, 0.25) is 11.8 Å². The minimum absolute atomic E-state index is 0.0831. The number of amides is 1. The average Bonchev–Trinajstić information content (AvgIpc) is 3.67. The molecule has 2 fully saturated rings. The van der Waals surface area contributed by atoms with Crippen molar-refractivity contribution in [2.45, 2.75) is 52.4 Å². The second-order valence-electron chi connectivity index (χ2n) is 8.98. The summed E-state index contributed by atoms with van der Waals surface area (Å²) in [4.78, 5) is 24.2. The van der Waals surface area contributed by atoms with Gasteiger partial charge in [0.1, 0.15) is 0 Å². The maximum atomic E-state index is 12.1. The summed E-state index contributed by atoms with van der Waals surface area (Å²) < 4.78 is 7.54. The number of hydrogen-bond acceptors (Lipinski definition) is 4. The van der Waals surface area contributed by atoms with Crippen LogP contribution in [0.4, 0.5) is 5.69 Å². The van der Waals surface area contributed by atoms with Crippen LogP contribution in [0.2, 0.25) is 0 Å². The number of nitrogens with zero attached hydrogens (tertiary/aromatic N) is 2. The maximum Gasteiger partial charge on any atom is 0.309 e. The smallest absolute Gasteiger partial charge is 0.309 e. The summed E-state index contributed by atoms with van der Waals surface area (Å²) in [6.45, 7) is 5.48. The van der Waals surface area contributed by atoms with E-state index >= 15 is 0 Å². The van der Waals surface area contributed by atoms with Crippen molar-refractivity contribution < 1.29 is 14.3 Å². The molecule has 2 aromatic carbocycles. The van der Waals surface area contributed by atoms with Gasteiger partial charge in [-0.1, -0.05) is 24.3 Å². The summed E-state index contributed by atoms with van der Waals surface area (Å²) in [5, 5.41) is 7.92. The Morgan fingerprint density at radius 3 is 2.38 bits per heavy atom. The van der Waals surface area contributed by atoms with Crippen molar-refractivity contribution in [3.63, 3.8) is 0 Å². The number of hydrogen-bond donors (Lipinski definition) is 1. The van der Waals surface area contributed by atoms with E-state index in [1.807, 2.05) is 38.1 Å². The van der Waals surface area contributed by atoms with Crippen molar-refractivity contribution in [1.82, 2.24) is 9.78 Å². The molecule has 6 nitrogen and oxygen atoms in total. The lowest BCUT2D eigenvalue weighted by Gasteiger charge is -2.12. The van der Waals surface area contributed by atoms with Gasteiger partial charge >= 0.3 is 5.97 Å². The summed E-state index contributed by atoms with van der Waals surface area (Å²) in [6.07, 6.45) is 4.09. The Morgan fingerprint density at radius 1 is 1.03 bits per heavy atom. The van der Waals surface area contributed by atoms with Gasteiger partial charge in [-0.2, -0.15) is 9.78 Å². The first-order valence-corrected chi connectivity index (χ1v) is 11.2. The predicted octanol–water partition coefficient (Wildman–Crippen LogP) is 5.31. The Labute approximate surface area is 187 Å². The summed E-state index contributed by atoms with van der Waals surface area (Å²) in [5.74, 6) is 0.665. The summed E-state index contributed by atoms with van der Waals surface area (Å²) >= 11 is 0. The minimum Gasteiger partial charge on any atom is -0.407 e. The van der Waals surface area contributed by atoms with Crippen LogP contribution in [-0.2, 0) is 9.59 Å². The van der Waals surface area contributed by atoms with E-state index in [0.717, 1.165) is 65.0 Å². The second-order valence-corrected chi connectivity index (χ2v) is 8.98. The van der Waals surface area contributed by atoms with Gasteiger partial charge in [0.25, 0.3) is 0 Å². The fourth-order valence-electron chi connectivity index (χ4n) is 3.98. The molecule has 2 aliphatic rings. The summed E-state index contributed by atoms with van der Waals surface area (Å²) in [5.41, 5.74) is 6.57. The largest absolute Gasteiger partial charge is 0.407 e. The van der Waals surface area contributed by atoms with Crippen LogP contribution in [0.1, 0.15) is 55.3 Å². The number of esters is 1. The minimum atomic E-state index is -0.381. The van der Waals surface area contributed by atoms with Crippen LogP contribution >= 0.6 is 0 Å². The van der Waals surface area contributed by atoms with Gasteiger partial charge in [-0.25, -0.2) is 0 Å². The van der Waals surface area contributed by atoms with Crippen LogP contribution in [0.15, 0.2) is 42.5 Å². The van der Waals surface area contributed by atoms with Gasteiger partial charge in [0, 0.05) is 24.4 Å². The van der Waals surface area contributed by atoms with Gasteiger partial charge in [0.15, 0.2) is 0 Å². The normalized spacial score (nSPS) is 15.5. The molecule has 0 aliphatic heterocycles. The quantitative estimate of drug-likeness (QED) is 0.539. The van der Waals surface area contributed by atoms with Gasteiger partial charge in [-0.05, 0) is 74.4 Å². The lowest BCUT2D eigenvalue weighted by Crippen LogP contribution is -2.13. The molecule has 2 saturated carbocycles. The predicted molar refractivity (Wildman–Crippen MR) is 123 cm³/mol. The number of nitrogens with one attached hydrogen (secondary N) is 1. The highest BCUT2D eigenvalue weighted by atomic mass is 16.5. The number of anilines is 1. The third-order valence-electron chi connectivity index (χ3n) is 6.06. The molecule has 0 bridgehead atoms. The molecular formula is C26H27N3O3. The van der Waals surface area contributed by atoms with Crippen molar-refractivity contribution in [2.75, 3.05) is 5.32 Å². The van der Waals surface area contributed by atoms with Crippen LogP contribution in [0.25, 0.3) is 16.8 Å². The van der Waals surface area contributed by atoms with Crippen molar-refractivity contribution in [3.05, 3.63) is 59.3 Å². The molecule has 0 unspecified atom stereocenters. The van der Waals surface area contributed by atoms with E-state index in [0.29, 0.717) is 11.8 Å². The van der Waals surface area contributed by atoms with Gasteiger partial charge in [-0.3, -0.25) is 9.59 Å². The first-order valence-electron chi connectivity index (χ1n) is 11.2. The zero-order valence-electron chi connectivity index (χ0n) is 18.6. The van der Waals surface area contributed by atoms with Crippen LogP contribution < -0.4 is 10.1 Å². The molecule has 1 amide bonds. The van der Waals surface area contributed by atoms with Crippen molar-refractivity contribution >= 4 is 17.6 Å². The topological polar surface area (TPSA) is 73.2 Å². The zero-order chi connectivity index (χ0) is 22.4. The van der Waals surface area contributed by atoms with E-state index in [2.05, 4.69) is 23.5 Å². The molecule has 0 atom stereocenters. The van der Waals surface area contributed by atoms with Gasteiger partial charge in [0.05, 0.1) is 16.9 Å². The lowest BCUT2D eigenvalue weighted by molar-refractivity contribution is -0.132. The second kappa shape index (κ2) is 7.93. The Hall–Kier alpha value is -3.41. The zero-order valence-corrected chi connectivity index (χ0v) is 18.6. The highest BCUT2D eigenvalue weighted by Gasteiger charge is 2.34. The monoisotopic (exact) mass is 429 g/mol. The number of carbonyl (C=O) groups is 2. The SMILES string of the molecule is CC(=O)Oc1c(-c2ccc(NC(=O)C3CC3)cc2)c(C2CC2)nn1-c1cc(C)ccc1C. The van der Waals surface area contributed by atoms with E-state index in [1.165, 1.54) is 6.92 Å². The first-order chi connectivity index (χ1) is 15.4. The fraction of sp³-hybridized carbons (Fsp3) is 0.346. The number of benzene rings is 2. The number of aryl methyl sites for hydroxylation is 2. The number of ether oxygens (including phenoxy) is 1. The molecule has 164 valence electrons. The van der Waals surface area contributed by atoms with Crippen LogP contribution in [-0.4, -0.2) is 21.7 Å². The third-order valence-corrected chi connectivity index (χ3v) is 6.06. The van der Waals surface area contributed by atoms with E-state index < -0.39 is 0 Å². The van der Waals surface area contributed by atoms with Crippen LogP contribution in [0.5, 0.6) is 5.88 Å². The van der Waals surface area contributed by atoms with Gasteiger partial charge in [-0.15, -0.1) is 0 Å². The number of rotatable bonds is 6. The number of carbonyl (C=O) groups excluding carboxylic acids is 2. The molecule has 0 spiro atoms. The highest BCUT2D eigenvalue weighted by Crippen LogP contribution is 2.48. The van der Waals surface area contributed by atoms with Gasteiger partial charge < -0.3 is 10.1 Å². The van der Waals surface area contributed by atoms with E-state index in [9.17, 15) is 9.59 Å².